The van der Waals surface area contributed by atoms with Crippen molar-refractivity contribution in [1.29, 1.82) is 0 Å². The molecular weight excluding hydrogens is 378 g/mol. The highest BCUT2D eigenvalue weighted by Crippen LogP contribution is 2.51. The second-order valence-electron chi connectivity index (χ2n) is 6.86. The van der Waals surface area contributed by atoms with Gasteiger partial charge in [-0.05, 0) is 22.6 Å². The molecule has 2 unspecified atom stereocenters. The molecule has 2 heterocycles. The van der Waals surface area contributed by atoms with E-state index in [9.17, 15) is 5.11 Å². The largest absolute Gasteiger partial charge is 0.497 e. The van der Waals surface area contributed by atoms with Gasteiger partial charge in [0.25, 0.3) is 0 Å². The lowest BCUT2D eigenvalue weighted by atomic mass is 10.0. The average molecular weight is 401 g/mol. The second-order valence-corrected chi connectivity index (χ2v) is 9.34. The van der Waals surface area contributed by atoms with Crippen molar-refractivity contribution >= 4 is 10.9 Å². The summed E-state index contributed by atoms with van der Waals surface area (Å²) in [6.07, 6.45) is -1.70. The van der Waals surface area contributed by atoms with Gasteiger partial charge in [-0.15, -0.1) is 0 Å². The molecule has 8 heteroatoms. The van der Waals surface area contributed by atoms with E-state index in [4.69, 9.17) is 19.7 Å². The van der Waals surface area contributed by atoms with Gasteiger partial charge in [0.2, 0.25) is 0 Å². The van der Waals surface area contributed by atoms with Crippen LogP contribution in [0.15, 0.2) is 64.6 Å². The van der Waals surface area contributed by atoms with Gasteiger partial charge in [-0.1, -0.05) is 47.6 Å². The summed E-state index contributed by atoms with van der Waals surface area (Å²) in [5.41, 5.74) is 9.87. The average Bonchev–Trinajstić information content (AvgIpc) is 2.76. The number of methoxy groups -OCH3 is 1. The molecule has 0 spiro atoms. The standard InChI is InChI=1S/C20H23N3O4S/c1-25-14-9-7-13(8-10-14)20-26-11-17-19(27-20)18(22-23-21)16(24)12-28(17)15-5-3-2-4-6-15/h2-10,16-20,24,28H,11-12H2,1H3/t16-,17+,18+,19-,20?/m0/s1. The topological polar surface area (TPSA) is 96.7 Å². The number of hydrogen-bond acceptors (Lipinski definition) is 5. The Bertz CT molecular complexity index is 844. The van der Waals surface area contributed by atoms with Crippen LogP contribution in [0.1, 0.15) is 11.9 Å². The van der Waals surface area contributed by atoms with Crippen molar-refractivity contribution in [2.45, 2.75) is 34.7 Å². The lowest BCUT2D eigenvalue weighted by Crippen LogP contribution is -2.55. The Hall–Kier alpha value is -2.22. The quantitative estimate of drug-likeness (QED) is 0.354. The Morgan fingerprint density at radius 1 is 1.18 bits per heavy atom. The Kier molecular flexibility index (Phi) is 5.75. The molecule has 2 fully saturated rings. The Morgan fingerprint density at radius 3 is 2.61 bits per heavy atom. The summed E-state index contributed by atoms with van der Waals surface area (Å²) in [5, 5.41) is 14.6. The maximum Gasteiger partial charge on any atom is 0.184 e. The Labute approximate surface area is 166 Å². The van der Waals surface area contributed by atoms with Crippen LogP contribution in [-0.2, 0) is 9.47 Å². The molecule has 6 atom stereocenters. The van der Waals surface area contributed by atoms with Crippen LogP contribution >= 0.6 is 10.9 Å². The molecule has 7 nitrogen and oxygen atoms in total. The van der Waals surface area contributed by atoms with Crippen LogP contribution in [0, 0.1) is 0 Å². The highest BCUT2D eigenvalue weighted by molar-refractivity contribution is 8.17. The highest BCUT2D eigenvalue weighted by Gasteiger charge is 2.47. The van der Waals surface area contributed by atoms with Gasteiger partial charge < -0.3 is 19.3 Å². The molecule has 2 aromatic rings. The minimum absolute atomic E-state index is 0.0609. The third-order valence-electron chi connectivity index (χ3n) is 5.25. The zero-order valence-electron chi connectivity index (χ0n) is 15.5. The fraction of sp³-hybridized carbons (Fsp3) is 0.400. The van der Waals surface area contributed by atoms with Crippen LogP contribution in [0.25, 0.3) is 10.4 Å². The molecule has 0 aromatic heterocycles. The molecule has 2 aromatic carbocycles. The van der Waals surface area contributed by atoms with Crippen LogP contribution in [-0.4, -0.2) is 48.1 Å². The smallest absolute Gasteiger partial charge is 0.184 e. The van der Waals surface area contributed by atoms with Crippen LogP contribution < -0.4 is 4.74 Å². The molecule has 0 bridgehead atoms. The van der Waals surface area contributed by atoms with Gasteiger partial charge in [-0.25, -0.2) is 10.9 Å². The fourth-order valence-electron chi connectivity index (χ4n) is 3.85. The van der Waals surface area contributed by atoms with Gasteiger partial charge >= 0.3 is 0 Å². The highest BCUT2D eigenvalue weighted by atomic mass is 32.2. The Balaban J connectivity index is 1.62. The SMILES string of the molecule is COc1ccc(C2OC[C@@H]3[C@H](O2)[C@H](N=[N+]=[N-])[C@@H](O)C[SH]3c2ccccc2)cc1. The van der Waals surface area contributed by atoms with Crippen molar-refractivity contribution in [2.75, 3.05) is 19.5 Å². The maximum atomic E-state index is 10.7. The van der Waals surface area contributed by atoms with E-state index in [1.807, 2.05) is 42.5 Å². The summed E-state index contributed by atoms with van der Waals surface area (Å²) in [7, 11) is 0.918. The number of aliphatic hydroxyl groups excluding tert-OH is 1. The summed E-state index contributed by atoms with van der Waals surface area (Å²) in [6, 6.07) is 17.0. The first-order valence-electron chi connectivity index (χ1n) is 9.16. The van der Waals surface area contributed by atoms with Crippen LogP contribution in [0.3, 0.4) is 0 Å². The summed E-state index contributed by atoms with van der Waals surface area (Å²) in [6.45, 7) is 0.492. The third kappa shape index (κ3) is 3.70. The van der Waals surface area contributed by atoms with Crippen molar-refractivity contribution in [3.8, 4) is 5.75 Å². The first-order chi connectivity index (χ1) is 13.7. The van der Waals surface area contributed by atoms with Gasteiger partial charge in [0, 0.05) is 21.5 Å². The van der Waals surface area contributed by atoms with Gasteiger partial charge in [-0.2, -0.15) is 0 Å². The summed E-state index contributed by atoms with van der Waals surface area (Å²) in [5.74, 6) is 1.33. The predicted molar refractivity (Wildman–Crippen MR) is 108 cm³/mol. The number of benzene rings is 2. The molecule has 2 aliphatic heterocycles. The first kappa shape index (κ1) is 19.1. The molecule has 2 aliphatic rings. The number of hydrogen-bond donors (Lipinski definition) is 2. The van der Waals surface area contributed by atoms with Gasteiger partial charge in [0.15, 0.2) is 6.29 Å². The number of fused-ring (bicyclic) bond motifs is 1. The monoisotopic (exact) mass is 401 g/mol. The molecule has 0 amide bonds. The van der Waals surface area contributed by atoms with Crippen molar-refractivity contribution in [3.05, 3.63) is 70.6 Å². The molecule has 1 N–H and O–H groups in total. The van der Waals surface area contributed by atoms with Crippen molar-refractivity contribution in [3.63, 3.8) is 0 Å². The van der Waals surface area contributed by atoms with Crippen LogP contribution in [0.2, 0.25) is 0 Å². The fourth-order valence-corrected chi connectivity index (χ4v) is 6.75. The summed E-state index contributed by atoms with van der Waals surface area (Å²) >= 11 is 0. The van der Waals surface area contributed by atoms with Gasteiger partial charge in [0.05, 0.1) is 32.0 Å². The van der Waals surface area contributed by atoms with E-state index < -0.39 is 35.4 Å². The molecule has 28 heavy (non-hydrogen) atoms. The minimum Gasteiger partial charge on any atom is -0.497 e. The lowest BCUT2D eigenvalue weighted by Gasteiger charge is -2.49. The molecule has 148 valence electrons. The van der Waals surface area contributed by atoms with E-state index >= 15 is 0 Å². The van der Waals surface area contributed by atoms with E-state index in [0.29, 0.717) is 12.4 Å². The number of ether oxygens (including phenoxy) is 3. The van der Waals surface area contributed by atoms with Crippen molar-refractivity contribution < 1.29 is 19.3 Å². The number of azide groups is 1. The minimum atomic E-state index is -0.738. The van der Waals surface area contributed by atoms with E-state index in [-0.39, 0.29) is 5.25 Å². The van der Waals surface area contributed by atoms with Crippen molar-refractivity contribution in [1.82, 2.24) is 0 Å². The van der Waals surface area contributed by atoms with E-state index in [0.717, 1.165) is 11.3 Å². The van der Waals surface area contributed by atoms with Gasteiger partial charge in [0.1, 0.15) is 5.75 Å². The van der Waals surface area contributed by atoms with Crippen LogP contribution in [0.4, 0.5) is 0 Å². The number of aliphatic hydroxyl groups is 1. The summed E-state index contributed by atoms with van der Waals surface area (Å²) in [4.78, 5) is 4.15. The van der Waals surface area contributed by atoms with E-state index in [1.54, 1.807) is 7.11 Å². The summed E-state index contributed by atoms with van der Waals surface area (Å²) < 4.78 is 17.5. The van der Waals surface area contributed by atoms with Crippen molar-refractivity contribution in [2.24, 2.45) is 5.11 Å². The first-order valence-corrected chi connectivity index (χ1v) is 10.8. The molecule has 4 rings (SSSR count). The van der Waals surface area contributed by atoms with E-state index in [2.05, 4.69) is 22.2 Å². The zero-order chi connectivity index (χ0) is 19.5. The zero-order valence-corrected chi connectivity index (χ0v) is 16.4. The molecule has 0 aliphatic carbocycles. The number of nitrogens with zero attached hydrogens (tertiary/aromatic N) is 3. The second kappa shape index (κ2) is 8.43. The Morgan fingerprint density at radius 2 is 1.93 bits per heavy atom. The molecule has 0 radical (unpaired) electrons. The third-order valence-corrected chi connectivity index (χ3v) is 8.23. The van der Waals surface area contributed by atoms with Gasteiger partial charge in [-0.3, -0.25) is 0 Å². The maximum absolute atomic E-state index is 10.7. The number of thiol groups is 1. The number of rotatable bonds is 4. The predicted octanol–water partition coefficient (Wildman–Crippen LogP) is 3.59. The molecular formula is C20H23N3O4S. The molecule has 0 saturated carbocycles. The normalized spacial score (nSPS) is 33.4. The molecule has 2 saturated heterocycles. The van der Waals surface area contributed by atoms with Crippen LogP contribution in [0.5, 0.6) is 5.75 Å². The van der Waals surface area contributed by atoms with E-state index in [1.165, 1.54) is 4.90 Å². The lowest BCUT2D eigenvalue weighted by molar-refractivity contribution is -0.224.